The molecule has 1 aliphatic heterocycles. The molecule has 0 amide bonds. The fraction of sp³-hybridized carbons (Fsp3) is 0.571. The first-order valence-corrected chi connectivity index (χ1v) is 8.24. The van der Waals surface area contributed by atoms with Crippen LogP contribution in [0.4, 0.5) is 5.69 Å². The monoisotopic (exact) mass is 298 g/mol. The van der Waals surface area contributed by atoms with Crippen molar-refractivity contribution in [1.82, 2.24) is 4.31 Å². The maximum atomic E-state index is 12.6. The number of aryl methyl sites for hydroxylation is 1. The maximum Gasteiger partial charge on any atom is 0.243 e. The third-order valence-corrected chi connectivity index (χ3v) is 5.69. The van der Waals surface area contributed by atoms with Crippen LogP contribution in [0.25, 0.3) is 0 Å². The minimum Gasteiger partial charge on any atom is -0.385 e. The van der Waals surface area contributed by atoms with E-state index in [0.29, 0.717) is 11.5 Å². The molecule has 1 unspecified atom stereocenters. The highest BCUT2D eigenvalue weighted by atomic mass is 32.2. The molecule has 1 heterocycles. The van der Waals surface area contributed by atoms with Gasteiger partial charge in [-0.2, -0.15) is 4.31 Å². The van der Waals surface area contributed by atoms with Gasteiger partial charge in [-0.15, -0.1) is 0 Å². The molecule has 0 saturated heterocycles. The van der Waals surface area contributed by atoms with Gasteiger partial charge in [0, 0.05) is 32.4 Å². The summed E-state index contributed by atoms with van der Waals surface area (Å²) in [5.74, 6) is 0. The molecule has 1 aromatic rings. The topological polar surface area (TPSA) is 58.6 Å². The molecule has 0 aromatic heterocycles. The molecule has 1 aliphatic rings. The molecule has 112 valence electrons. The number of anilines is 1. The minimum atomic E-state index is -3.48. The summed E-state index contributed by atoms with van der Waals surface area (Å²) >= 11 is 0. The Labute approximate surface area is 121 Å². The number of methoxy groups -OCH3 is 1. The van der Waals surface area contributed by atoms with E-state index in [-0.39, 0.29) is 6.04 Å². The summed E-state index contributed by atoms with van der Waals surface area (Å²) in [5, 5.41) is 3.26. The van der Waals surface area contributed by atoms with Crippen molar-refractivity contribution in [3.05, 3.63) is 23.8 Å². The van der Waals surface area contributed by atoms with Crippen molar-refractivity contribution < 1.29 is 13.2 Å². The average Bonchev–Trinajstić information content (AvgIpc) is 2.46. The van der Waals surface area contributed by atoms with Crippen molar-refractivity contribution >= 4 is 15.7 Å². The average molecular weight is 298 g/mol. The lowest BCUT2D eigenvalue weighted by Gasteiger charge is -2.25. The smallest absolute Gasteiger partial charge is 0.243 e. The number of ether oxygens (including phenoxy) is 1. The summed E-state index contributed by atoms with van der Waals surface area (Å²) in [7, 11) is -0.322. The molecule has 0 fully saturated rings. The quantitative estimate of drug-likeness (QED) is 0.899. The summed E-state index contributed by atoms with van der Waals surface area (Å²) in [6.45, 7) is 3.10. The van der Waals surface area contributed by atoms with Gasteiger partial charge in [0.05, 0.1) is 11.5 Å². The molecule has 5 nitrogen and oxygen atoms in total. The lowest BCUT2D eigenvalue weighted by molar-refractivity contribution is 0.149. The summed E-state index contributed by atoms with van der Waals surface area (Å²) in [6.07, 6.45) is 2.09. The van der Waals surface area contributed by atoms with E-state index < -0.39 is 10.0 Å². The molecule has 6 heteroatoms. The molecule has 0 spiro atoms. The Balaban J connectivity index is 2.29. The van der Waals surface area contributed by atoms with Gasteiger partial charge in [-0.25, -0.2) is 8.42 Å². The number of hydrogen-bond donors (Lipinski definition) is 1. The van der Waals surface area contributed by atoms with Crippen LogP contribution in [-0.4, -0.2) is 46.1 Å². The Morgan fingerprint density at radius 2 is 2.20 bits per heavy atom. The normalized spacial score (nSPS) is 16.6. The van der Waals surface area contributed by atoms with E-state index in [2.05, 4.69) is 5.32 Å². The van der Waals surface area contributed by atoms with Crippen molar-refractivity contribution in [3.63, 3.8) is 0 Å². The molecule has 0 saturated carbocycles. The van der Waals surface area contributed by atoms with E-state index in [0.717, 1.165) is 25.1 Å². The number of rotatable bonds is 5. The number of fused-ring (bicyclic) bond motifs is 1. The second-order valence-electron chi connectivity index (χ2n) is 5.17. The second-order valence-corrected chi connectivity index (χ2v) is 7.17. The third kappa shape index (κ3) is 2.97. The largest absolute Gasteiger partial charge is 0.385 e. The van der Waals surface area contributed by atoms with Crippen LogP contribution in [0, 0.1) is 0 Å². The van der Waals surface area contributed by atoms with E-state index in [4.69, 9.17) is 4.74 Å². The molecule has 2 rings (SSSR count). The van der Waals surface area contributed by atoms with Crippen molar-refractivity contribution in [2.24, 2.45) is 0 Å². The van der Waals surface area contributed by atoms with Crippen molar-refractivity contribution in [3.8, 4) is 0 Å². The molecule has 0 radical (unpaired) electrons. The molecule has 1 N–H and O–H groups in total. The van der Waals surface area contributed by atoms with Gasteiger partial charge < -0.3 is 10.1 Å². The van der Waals surface area contributed by atoms with Crippen molar-refractivity contribution in [2.45, 2.75) is 30.7 Å². The first-order chi connectivity index (χ1) is 9.46. The highest BCUT2D eigenvalue weighted by molar-refractivity contribution is 7.89. The standard InChI is InChI=1S/C14H22N2O3S/c1-11(10-19-3)16(2)20(17,18)13-7-6-12-5-4-8-15-14(12)9-13/h6-7,9,11,15H,4-5,8,10H2,1-3H3. The Morgan fingerprint density at radius 1 is 1.45 bits per heavy atom. The van der Waals surface area contributed by atoms with E-state index in [1.165, 1.54) is 9.87 Å². The fourth-order valence-electron chi connectivity index (χ4n) is 2.35. The number of sulfonamides is 1. The van der Waals surface area contributed by atoms with Crippen LogP contribution < -0.4 is 5.32 Å². The predicted molar refractivity (Wildman–Crippen MR) is 79.5 cm³/mol. The van der Waals surface area contributed by atoms with E-state index >= 15 is 0 Å². The van der Waals surface area contributed by atoms with Gasteiger partial charge in [0.1, 0.15) is 0 Å². The number of nitrogens with zero attached hydrogens (tertiary/aromatic N) is 1. The Kier molecular flexibility index (Phi) is 4.67. The first kappa shape index (κ1) is 15.3. The Hall–Kier alpha value is -1.11. The lowest BCUT2D eigenvalue weighted by Crippen LogP contribution is -2.37. The molecule has 1 aromatic carbocycles. The SMILES string of the molecule is COCC(C)N(C)S(=O)(=O)c1ccc2c(c1)NCCC2. The molecule has 1 atom stereocenters. The molecule has 0 aliphatic carbocycles. The van der Waals surface area contributed by atoms with Gasteiger partial charge in [-0.05, 0) is 37.5 Å². The van der Waals surface area contributed by atoms with E-state index in [1.807, 2.05) is 13.0 Å². The summed E-state index contributed by atoms with van der Waals surface area (Å²) in [6, 6.07) is 5.13. The predicted octanol–water partition coefficient (Wildman–Crippen LogP) is 1.70. The van der Waals surface area contributed by atoms with Crippen LogP contribution >= 0.6 is 0 Å². The van der Waals surface area contributed by atoms with Crippen LogP contribution in [0.2, 0.25) is 0 Å². The highest BCUT2D eigenvalue weighted by Crippen LogP contribution is 2.27. The number of likely N-dealkylation sites (N-methyl/N-ethyl adjacent to an activating group) is 1. The molecule has 0 bridgehead atoms. The van der Waals surface area contributed by atoms with Crippen LogP contribution in [0.5, 0.6) is 0 Å². The zero-order valence-electron chi connectivity index (χ0n) is 12.2. The summed E-state index contributed by atoms with van der Waals surface area (Å²) < 4.78 is 31.5. The number of nitrogens with one attached hydrogen (secondary N) is 1. The van der Waals surface area contributed by atoms with Crippen LogP contribution in [0.3, 0.4) is 0 Å². The zero-order chi connectivity index (χ0) is 14.8. The van der Waals surface area contributed by atoms with E-state index in [9.17, 15) is 8.42 Å². The third-order valence-electron chi connectivity index (χ3n) is 3.73. The maximum absolute atomic E-state index is 12.6. The van der Waals surface area contributed by atoms with Gasteiger partial charge in [0.25, 0.3) is 0 Å². The van der Waals surface area contributed by atoms with Gasteiger partial charge in [-0.1, -0.05) is 6.07 Å². The zero-order valence-corrected chi connectivity index (χ0v) is 13.0. The van der Waals surface area contributed by atoms with Crippen molar-refractivity contribution in [2.75, 3.05) is 32.6 Å². The molecular weight excluding hydrogens is 276 g/mol. The Morgan fingerprint density at radius 3 is 2.90 bits per heavy atom. The van der Waals surface area contributed by atoms with Crippen molar-refractivity contribution in [1.29, 1.82) is 0 Å². The first-order valence-electron chi connectivity index (χ1n) is 6.80. The highest BCUT2D eigenvalue weighted by Gasteiger charge is 2.26. The number of benzene rings is 1. The van der Waals surface area contributed by atoms with Crippen LogP contribution in [0.1, 0.15) is 18.9 Å². The summed E-state index contributed by atoms with van der Waals surface area (Å²) in [5.41, 5.74) is 2.12. The Bertz CT molecular complexity index is 572. The number of hydrogen-bond acceptors (Lipinski definition) is 4. The van der Waals surface area contributed by atoms with Gasteiger partial charge in [0.2, 0.25) is 10.0 Å². The second kappa shape index (κ2) is 6.11. The fourth-order valence-corrected chi connectivity index (χ4v) is 3.72. The van der Waals surface area contributed by atoms with Crippen LogP contribution in [0.15, 0.2) is 23.1 Å². The van der Waals surface area contributed by atoms with Gasteiger partial charge >= 0.3 is 0 Å². The lowest BCUT2D eigenvalue weighted by atomic mass is 10.0. The minimum absolute atomic E-state index is 0.200. The molecule has 20 heavy (non-hydrogen) atoms. The van der Waals surface area contributed by atoms with E-state index in [1.54, 1.807) is 26.3 Å². The van der Waals surface area contributed by atoms with Crippen LogP contribution in [-0.2, 0) is 21.2 Å². The van der Waals surface area contributed by atoms with Gasteiger partial charge in [-0.3, -0.25) is 0 Å². The summed E-state index contributed by atoms with van der Waals surface area (Å²) in [4.78, 5) is 0.330. The molecular formula is C14H22N2O3S. The van der Waals surface area contributed by atoms with Gasteiger partial charge in [0.15, 0.2) is 0 Å².